The molecule has 0 nitrogen and oxygen atoms in total. The summed E-state index contributed by atoms with van der Waals surface area (Å²) in [6.07, 6.45) is 0. The third-order valence-electron chi connectivity index (χ3n) is 4.84. The van der Waals surface area contributed by atoms with Gasteiger partial charge in [0.15, 0.2) is 0 Å². The molecule has 0 amide bonds. The van der Waals surface area contributed by atoms with Gasteiger partial charge in [0.1, 0.15) is 0 Å². The molecule has 0 bridgehead atoms. The van der Waals surface area contributed by atoms with E-state index in [1.54, 1.807) is 0 Å². The summed E-state index contributed by atoms with van der Waals surface area (Å²) in [5.41, 5.74) is 0. The Labute approximate surface area is 192 Å². The molecule has 0 N–H and O–H groups in total. The van der Waals surface area contributed by atoms with Gasteiger partial charge in [0.25, 0.3) is 0 Å². The van der Waals surface area contributed by atoms with Crippen molar-refractivity contribution in [3.8, 4) is 0 Å². The summed E-state index contributed by atoms with van der Waals surface area (Å²) in [5.74, 6) is 0. The first-order valence-electron chi connectivity index (χ1n) is 9.75. The molecule has 0 radical (unpaired) electrons. The fourth-order valence-electron chi connectivity index (χ4n) is 3.54. The first kappa shape index (κ1) is 21.3. The van der Waals surface area contributed by atoms with E-state index in [0.717, 1.165) is 0 Å². The number of benzene rings is 4. The average molecular weight is 460 g/mol. The summed E-state index contributed by atoms with van der Waals surface area (Å²) in [7, 11) is -1.51. The lowest BCUT2D eigenvalue weighted by atomic mass is 10.4. The zero-order valence-electron chi connectivity index (χ0n) is 16.3. The lowest BCUT2D eigenvalue weighted by Crippen LogP contribution is -2.31. The van der Waals surface area contributed by atoms with E-state index >= 15 is 0 Å². The largest absolute Gasteiger partial charge is 0.432 e. The molecule has 0 atom stereocenters. The van der Waals surface area contributed by atoms with Crippen molar-refractivity contribution in [1.82, 2.24) is 0 Å². The van der Waals surface area contributed by atoms with Crippen molar-refractivity contribution in [1.29, 1.82) is 0 Å². The predicted molar refractivity (Wildman–Crippen MR) is 142 cm³/mol. The zero-order valence-corrected chi connectivity index (χ0v) is 19.8. The Morgan fingerprint density at radius 1 is 0.500 bits per heavy atom. The van der Waals surface area contributed by atoms with Crippen LogP contribution in [0.25, 0.3) is 0 Å². The maximum atomic E-state index is 5.82. The highest BCUT2D eigenvalue weighted by Gasteiger charge is 2.32. The summed E-state index contributed by atoms with van der Waals surface area (Å²) in [6, 6.07) is 43.0. The van der Waals surface area contributed by atoms with Gasteiger partial charge in [0.05, 0.1) is 0 Å². The number of rotatable bonds is 7. The molecule has 4 aromatic rings. The number of hydrogen-bond acceptors (Lipinski definition) is 2. The molecule has 4 rings (SSSR count). The second-order valence-corrected chi connectivity index (χ2v) is 12.9. The van der Waals surface area contributed by atoms with Crippen LogP contribution in [0, 0.1) is 0 Å². The highest BCUT2D eigenvalue weighted by molar-refractivity contribution is 8.06. The Hall–Kier alpha value is -1.95. The van der Waals surface area contributed by atoms with Crippen molar-refractivity contribution in [2.45, 2.75) is 5.40 Å². The van der Waals surface area contributed by atoms with E-state index in [-0.39, 0.29) is 5.40 Å². The lowest BCUT2D eigenvalue weighted by molar-refractivity contribution is 1.69. The molecule has 0 aliphatic carbocycles. The Balaban J connectivity index is 1.93. The fourth-order valence-corrected chi connectivity index (χ4v) is 11.5. The Bertz CT molecular complexity index is 909. The highest BCUT2D eigenvalue weighted by Crippen LogP contribution is 2.56. The molecule has 0 spiro atoms. The van der Waals surface area contributed by atoms with E-state index < -0.39 is 15.8 Å². The molecule has 0 unspecified atom stereocenters. The summed E-state index contributed by atoms with van der Waals surface area (Å²) < 4.78 is 0.674. The standard InChI is InChI=1S/C26H22P2S2/c29-26(30)25(27(21-13-5-1-6-14-21)22-15-7-2-8-16-22)28(23-17-9-3-10-18-23)24-19-11-4-12-20-24/h1-20,25H,(H,29,30)/p-1. The van der Waals surface area contributed by atoms with Crippen LogP contribution < -0.4 is 21.2 Å². The molecule has 0 fully saturated rings. The summed E-state index contributed by atoms with van der Waals surface area (Å²) >= 11 is 11.6. The maximum Gasteiger partial charge on any atom is 0.0224 e. The number of thiocarbonyl (C=S) groups is 1. The lowest BCUT2D eigenvalue weighted by Gasteiger charge is -2.38. The minimum absolute atomic E-state index is 0.0922. The van der Waals surface area contributed by atoms with E-state index in [1.807, 2.05) is 0 Å². The molecule has 4 aromatic carbocycles. The van der Waals surface area contributed by atoms with Crippen LogP contribution in [0.3, 0.4) is 0 Å². The molecule has 30 heavy (non-hydrogen) atoms. The summed E-state index contributed by atoms with van der Waals surface area (Å²) in [5, 5.41) is 5.35. The molecular formula is C26H21P2S2-. The van der Waals surface area contributed by atoms with Crippen molar-refractivity contribution in [2.24, 2.45) is 0 Å². The predicted octanol–water partition coefficient (Wildman–Crippen LogP) is 5.45. The van der Waals surface area contributed by atoms with Crippen molar-refractivity contribution < 1.29 is 0 Å². The molecule has 4 heteroatoms. The van der Waals surface area contributed by atoms with Gasteiger partial charge in [-0.25, -0.2) is 0 Å². The Kier molecular flexibility index (Phi) is 7.37. The van der Waals surface area contributed by atoms with E-state index in [4.69, 9.17) is 24.8 Å². The monoisotopic (exact) mass is 459 g/mol. The smallest absolute Gasteiger partial charge is 0.0224 e. The second kappa shape index (κ2) is 10.4. The van der Waals surface area contributed by atoms with Gasteiger partial charge >= 0.3 is 0 Å². The third-order valence-corrected chi connectivity index (χ3v) is 12.3. The van der Waals surface area contributed by atoms with Crippen LogP contribution in [0.2, 0.25) is 0 Å². The average Bonchev–Trinajstić information content (AvgIpc) is 2.81. The van der Waals surface area contributed by atoms with Crippen molar-refractivity contribution >= 4 is 66.1 Å². The van der Waals surface area contributed by atoms with Crippen molar-refractivity contribution in [3.63, 3.8) is 0 Å². The van der Waals surface area contributed by atoms with Crippen LogP contribution in [-0.4, -0.2) is 9.60 Å². The van der Waals surface area contributed by atoms with Crippen LogP contribution in [0.4, 0.5) is 0 Å². The van der Waals surface area contributed by atoms with E-state index in [1.165, 1.54) is 21.2 Å². The fraction of sp³-hybridized carbons (Fsp3) is 0.0385. The highest BCUT2D eigenvalue weighted by atomic mass is 32.1. The van der Waals surface area contributed by atoms with Crippen molar-refractivity contribution in [2.75, 3.05) is 0 Å². The molecule has 148 valence electrons. The number of hydrogen-bond donors (Lipinski definition) is 0. The molecule has 0 saturated heterocycles. The van der Waals surface area contributed by atoms with Gasteiger partial charge in [-0.05, 0) is 37.1 Å². The van der Waals surface area contributed by atoms with Crippen LogP contribution >= 0.6 is 28.1 Å². The van der Waals surface area contributed by atoms with Crippen LogP contribution in [0.15, 0.2) is 121 Å². The van der Waals surface area contributed by atoms with E-state index in [0.29, 0.717) is 4.20 Å². The molecular weight excluding hydrogens is 438 g/mol. The molecule has 0 aliphatic rings. The Morgan fingerprint density at radius 3 is 0.933 bits per heavy atom. The minimum Gasteiger partial charge on any atom is -0.432 e. The molecule has 0 saturated carbocycles. The van der Waals surface area contributed by atoms with Crippen LogP contribution in [0.5, 0.6) is 0 Å². The van der Waals surface area contributed by atoms with Gasteiger partial charge in [0, 0.05) is 5.40 Å². The van der Waals surface area contributed by atoms with Gasteiger partial charge in [-0.2, -0.15) is 0 Å². The van der Waals surface area contributed by atoms with Crippen LogP contribution in [-0.2, 0) is 12.6 Å². The Morgan fingerprint density at radius 2 is 0.733 bits per heavy atom. The SMILES string of the molecule is S=C([S-])C(P(c1ccccc1)c1ccccc1)P(c1ccccc1)c1ccccc1. The quantitative estimate of drug-likeness (QED) is 0.205. The van der Waals surface area contributed by atoms with E-state index in [2.05, 4.69) is 121 Å². The van der Waals surface area contributed by atoms with Gasteiger partial charge in [-0.15, -0.1) is 4.20 Å². The van der Waals surface area contributed by atoms with Gasteiger partial charge in [-0.1, -0.05) is 121 Å². The van der Waals surface area contributed by atoms with Crippen molar-refractivity contribution in [3.05, 3.63) is 121 Å². The molecule has 0 aromatic heterocycles. The first-order valence-corrected chi connectivity index (χ1v) is 13.4. The van der Waals surface area contributed by atoms with Crippen LogP contribution in [0.1, 0.15) is 0 Å². The van der Waals surface area contributed by atoms with Gasteiger partial charge < -0.3 is 24.8 Å². The van der Waals surface area contributed by atoms with Gasteiger partial charge in [0.2, 0.25) is 0 Å². The zero-order chi connectivity index (χ0) is 20.8. The summed E-state index contributed by atoms with van der Waals surface area (Å²) in [4.78, 5) is 0. The minimum atomic E-state index is -0.757. The first-order chi connectivity index (χ1) is 14.8. The summed E-state index contributed by atoms with van der Waals surface area (Å²) in [6.45, 7) is 0. The molecule has 0 heterocycles. The normalized spacial score (nSPS) is 11.2. The maximum absolute atomic E-state index is 5.82. The van der Waals surface area contributed by atoms with E-state index in [9.17, 15) is 0 Å². The topological polar surface area (TPSA) is 0 Å². The second-order valence-electron chi connectivity index (χ2n) is 6.77. The third kappa shape index (κ3) is 4.85. The molecule has 0 aliphatic heterocycles. The van der Waals surface area contributed by atoms with Gasteiger partial charge in [-0.3, -0.25) is 0 Å².